The number of ether oxygens (including phenoxy) is 1. The molecule has 1 amide bonds. The van der Waals surface area contributed by atoms with Gasteiger partial charge in [-0.25, -0.2) is 14.8 Å². The molecule has 170 valence electrons. The van der Waals surface area contributed by atoms with Gasteiger partial charge in [-0.2, -0.15) is 0 Å². The molecule has 0 saturated heterocycles. The van der Waals surface area contributed by atoms with E-state index < -0.39 is 5.97 Å². The fraction of sp³-hybridized carbons (Fsp3) is 0.250. The number of fused-ring (bicyclic) bond motifs is 1. The minimum atomic E-state index is -0.507. The second-order valence-electron chi connectivity index (χ2n) is 7.69. The SMILES string of the molecule is COC(=O)c1sc2nc(CN(C)C(C)c3nc(C)cs3)ccc2c1NC(=O)c1ccccc1. The fourth-order valence-corrected chi connectivity index (χ4v) is 5.37. The van der Waals surface area contributed by atoms with Crippen LogP contribution < -0.4 is 5.32 Å². The summed E-state index contributed by atoms with van der Waals surface area (Å²) in [6.45, 7) is 4.73. The highest BCUT2D eigenvalue weighted by atomic mass is 32.1. The van der Waals surface area contributed by atoms with Gasteiger partial charge in [-0.3, -0.25) is 9.69 Å². The Hall–Kier alpha value is -3.14. The quantitative estimate of drug-likeness (QED) is 0.362. The first kappa shape index (κ1) is 23.0. The Morgan fingerprint density at radius 3 is 2.58 bits per heavy atom. The number of rotatable bonds is 7. The van der Waals surface area contributed by atoms with Crippen LogP contribution in [0.5, 0.6) is 0 Å². The molecule has 0 aliphatic carbocycles. The maximum Gasteiger partial charge on any atom is 0.350 e. The molecular weight excluding hydrogens is 456 g/mol. The molecule has 0 spiro atoms. The zero-order chi connectivity index (χ0) is 23.5. The van der Waals surface area contributed by atoms with Gasteiger partial charge in [-0.15, -0.1) is 22.7 Å². The van der Waals surface area contributed by atoms with Crippen LogP contribution in [0.1, 0.15) is 49.4 Å². The molecule has 3 aromatic heterocycles. The summed E-state index contributed by atoms with van der Waals surface area (Å²) in [6, 6.07) is 12.8. The Balaban J connectivity index is 1.62. The largest absolute Gasteiger partial charge is 0.465 e. The van der Waals surface area contributed by atoms with Crippen LogP contribution in [0.25, 0.3) is 10.2 Å². The fourth-order valence-electron chi connectivity index (χ4n) is 3.39. The molecule has 4 rings (SSSR count). The maximum absolute atomic E-state index is 12.8. The maximum atomic E-state index is 12.8. The lowest BCUT2D eigenvalue weighted by atomic mass is 10.2. The van der Waals surface area contributed by atoms with Crippen LogP contribution in [0, 0.1) is 6.92 Å². The first-order valence-corrected chi connectivity index (χ1v) is 12.1. The number of pyridine rings is 1. The van der Waals surface area contributed by atoms with Crippen molar-refractivity contribution in [1.82, 2.24) is 14.9 Å². The van der Waals surface area contributed by atoms with Gasteiger partial charge >= 0.3 is 5.97 Å². The van der Waals surface area contributed by atoms with E-state index in [-0.39, 0.29) is 11.9 Å². The predicted octanol–water partition coefficient (Wildman–Crippen LogP) is 5.29. The van der Waals surface area contributed by atoms with Crippen LogP contribution in [-0.4, -0.2) is 40.9 Å². The van der Waals surface area contributed by atoms with Crippen molar-refractivity contribution >= 4 is 50.5 Å². The van der Waals surface area contributed by atoms with Crippen molar-refractivity contribution in [3.8, 4) is 0 Å². The van der Waals surface area contributed by atoms with E-state index in [4.69, 9.17) is 9.72 Å². The lowest BCUT2D eigenvalue weighted by Gasteiger charge is -2.22. The zero-order valence-electron chi connectivity index (χ0n) is 18.8. The van der Waals surface area contributed by atoms with Gasteiger partial charge in [0.05, 0.1) is 24.5 Å². The van der Waals surface area contributed by atoms with E-state index in [0.717, 1.165) is 16.4 Å². The van der Waals surface area contributed by atoms with Gasteiger partial charge in [0.25, 0.3) is 5.91 Å². The van der Waals surface area contributed by atoms with E-state index >= 15 is 0 Å². The summed E-state index contributed by atoms with van der Waals surface area (Å²) in [6.07, 6.45) is 0. The molecule has 9 heteroatoms. The van der Waals surface area contributed by atoms with Gasteiger partial charge < -0.3 is 10.1 Å². The Labute approximate surface area is 200 Å². The number of carbonyl (C=O) groups is 2. The molecule has 1 aromatic carbocycles. The highest BCUT2D eigenvalue weighted by molar-refractivity contribution is 7.21. The highest BCUT2D eigenvalue weighted by Gasteiger charge is 2.23. The number of amides is 1. The van der Waals surface area contributed by atoms with E-state index in [9.17, 15) is 9.59 Å². The van der Waals surface area contributed by atoms with E-state index in [1.165, 1.54) is 18.4 Å². The van der Waals surface area contributed by atoms with Gasteiger partial charge in [0.1, 0.15) is 14.7 Å². The Bertz CT molecular complexity index is 1300. The lowest BCUT2D eigenvalue weighted by Crippen LogP contribution is -2.22. The number of aryl methyl sites for hydroxylation is 1. The average molecular weight is 481 g/mol. The Kier molecular flexibility index (Phi) is 6.83. The number of esters is 1. The molecule has 1 atom stereocenters. The molecule has 1 unspecified atom stereocenters. The topological polar surface area (TPSA) is 84.4 Å². The van der Waals surface area contributed by atoms with Crippen LogP contribution in [-0.2, 0) is 11.3 Å². The second kappa shape index (κ2) is 9.78. The Morgan fingerprint density at radius 2 is 1.91 bits per heavy atom. The number of thiophene rings is 1. The standard InChI is InChI=1S/C24H24N4O3S2/c1-14-13-32-22(25-14)15(2)28(3)12-17-10-11-18-19(20(24(30)31-4)33-23(18)26-17)27-21(29)16-8-6-5-7-9-16/h5-11,13,15H,12H2,1-4H3,(H,27,29). The third-order valence-corrected chi connectivity index (χ3v) is 7.54. The van der Waals surface area contributed by atoms with Crippen molar-refractivity contribution in [3.05, 3.63) is 74.7 Å². The molecule has 33 heavy (non-hydrogen) atoms. The number of aromatic nitrogens is 2. The van der Waals surface area contributed by atoms with Gasteiger partial charge in [-0.1, -0.05) is 18.2 Å². The third-order valence-electron chi connectivity index (χ3n) is 5.33. The summed E-state index contributed by atoms with van der Waals surface area (Å²) in [5.74, 6) is -0.801. The molecule has 0 radical (unpaired) electrons. The smallest absolute Gasteiger partial charge is 0.350 e. The van der Waals surface area contributed by atoms with Crippen molar-refractivity contribution in [2.75, 3.05) is 19.5 Å². The van der Waals surface area contributed by atoms with Gasteiger partial charge in [0.15, 0.2) is 0 Å². The first-order valence-electron chi connectivity index (χ1n) is 10.4. The molecule has 1 N–H and O–H groups in total. The van der Waals surface area contributed by atoms with Crippen molar-refractivity contribution in [1.29, 1.82) is 0 Å². The van der Waals surface area contributed by atoms with E-state index in [1.807, 2.05) is 32.2 Å². The van der Waals surface area contributed by atoms with Crippen LogP contribution in [0.4, 0.5) is 5.69 Å². The van der Waals surface area contributed by atoms with E-state index in [0.29, 0.717) is 32.9 Å². The Morgan fingerprint density at radius 1 is 1.15 bits per heavy atom. The summed E-state index contributed by atoms with van der Waals surface area (Å²) < 4.78 is 4.95. The summed E-state index contributed by atoms with van der Waals surface area (Å²) in [5, 5.41) is 6.70. The number of benzene rings is 1. The van der Waals surface area contributed by atoms with E-state index in [1.54, 1.807) is 35.6 Å². The predicted molar refractivity (Wildman–Crippen MR) is 132 cm³/mol. The molecule has 0 bridgehead atoms. The van der Waals surface area contributed by atoms with Crippen molar-refractivity contribution in [2.45, 2.75) is 26.4 Å². The normalized spacial score (nSPS) is 12.2. The highest BCUT2D eigenvalue weighted by Crippen LogP contribution is 2.36. The summed E-state index contributed by atoms with van der Waals surface area (Å²) in [7, 11) is 3.36. The number of hydrogen-bond donors (Lipinski definition) is 1. The molecule has 0 saturated carbocycles. The van der Waals surface area contributed by atoms with Crippen molar-refractivity contribution < 1.29 is 14.3 Å². The molecule has 4 aromatic rings. The molecule has 7 nitrogen and oxygen atoms in total. The summed E-state index contributed by atoms with van der Waals surface area (Å²) >= 11 is 2.87. The number of thiazole rings is 1. The minimum Gasteiger partial charge on any atom is -0.465 e. The summed E-state index contributed by atoms with van der Waals surface area (Å²) in [5.41, 5.74) is 2.82. The first-order chi connectivity index (χ1) is 15.9. The molecule has 0 aliphatic rings. The third kappa shape index (κ3) is 4.95. The lowest BCUT2D eigenvalue weighted by molar-refractivity contribution is 0.0607. The van der Waals surface area contributed by atoms with Crippen LogP contribution in [0.2, 0.25) is 0 Å². The number of nitrogens with zero attached hydrogens (tertiary/aromatic N) is 3. The zero-order valence-corrected chi connectivity index (χ0v) is 20.4. The number of hydrogen-bond acceptors (Lipinski definition) is 8. The molecule has 3 heterocycles. The molecule has 0 fully saturated rings. The van der Waals surface area contributed by atoms with E-state index in [2.05, 4.69) is 27.5 Å². The summed E-state index contributed by atoms with van der Waals surface area (Å²) in [4.78, 5) is 37.7. The average Bonchev–Trinajstić information content (AvgIpc) is 3.42. The number of nitrogens with one attached hydrogen (secondary N) is 1. The molecule has 0 aliphatic heterocycles. The van der Waals surface area contributed by atoms with Gasteiger partial charge in [0.2, 0.25) is 0 Å². The van der Waals surface area contributed by atoms with Crippen LogP contribution >= 0.6 is 22.7 Å². The number of anilines is 1. The monoisotopic (exact) mass is 480 g/mol. The minimum absolute atomic E-state index is 0.149. The van der Waals surface area contributed by atoms with Crippen LogP contribution in [0.3, 0.4) is 0 Å². The number of carbonyl (C=O) groups excluding carboxylic acids is 2. The second-order valence-corrected chi connectivity index (χ2v) is 9.58. The van der Waals surface area contributed by atoms with Crippen molar-refractivity contribution in [3.63, 3.8) is 0 Å². The van der Waals surface area contributed by atoms with Gasteiger partial charge in [0, 0.05) is 28.6 Å². The number of methoxy groups -OCH3 is 1. The van der Waals surface area contributed by atoms with Crippen molar-refractivity contribution in [2.24, 2.45) is 0 Å². The molecular formula is C24H24N4O3S2. The van der Waals surface area contributed by atoms with Gasteiger partial charge in [-0.05, 0) is 45.2 Å². The van der Waals surface area contributed by atoms with Crippen LogP contribution in [0.15, 0.2) is 47.8 Å².